The van der Waals surface area contributed by atoms with Crippen LogP contribution in [0.5, 0.6) is 0 Å². The quantitative estimate of drug-likeness (QED) is 0.546. The fourth-order valence-corrected chi connectivity index (χ4v) is 7.00. The van der Waals surface area contributed by atoms with Crippen molar-refractivity contribution in [3.8, 4) is 0 Å². The van der Waals surface area contributed by atoms with Gasteiger partial charge in [-0.1, -0.05) is 12.5 Å². The number of anilines is 2. The van der Waals surface area contributed by atoms with Gasteiger partial charge in [0.25, 0.3) is 11.8 Å². The third-order valence-corrected chi connectivity index (χ3v) is 9.04. The highest BCUT2D eigenvalue weighted by molar-refractivity contribution is 7.21. The Balaban J connectivity index is 1.15. The van der Waals surface area contributed by atoms with Gasteiger partial charge in [-0.3, -0.25) is 4.79 Å². The molecule has 35 heavy (non-hydrogen) atoms. The van der Waals surface area contributed by atoms with Gasteiger partial charge in [0.05, 0.1) is 5.69 Å². The molecule has 0 aromatic carbocycles. The number of carbonyl (C=O) groups is 1. The highest BCUT2D eigenvalue weighted by Gasteiger charge is 2.53. The van der Waals surface area contributed by atoms with Crippen LogP contribution in [-0.4, -0.2) is 40.9 Å². The van der Waals surface area contributed by atoms with Crippen molar-refractivity contribution in [3.63, 3.8) is 0 Å². The number of nitrogens with zero attached hydrogens (tertiary/aromatic N) is 3. The number of nitrogens with two attached hydrogens (primary N) is 1. The van der Waals surface area contributed by atoms with Gasteiger partial charge in [0.2, 0.25) is 0 Å². The lowest BCUT2D eigenvalue weighted by Crippen LogP contribution is -2.56. The van der Waals surface area contributed by atoms with Gasteiger partial charge in [0.15, 0.2) is 0 Å². The first-order valence-corrected chi connectivity index (χ1v) is 13.2. The predicted octanol–water partition coefficient (Wildman–Crippen LogP) is 4.74. The average molecular weight is 498 g/mol. The van der Waals surface area contributed by atoms with E-state index in [4.69, 9.17) is 10.7 Å². The van der Waals surface area contributed by atoms with E-state index in [0.29, 0.717) is 42.9 Å². The fraction of sp³-hybridized carbons (Fsp3) is 0.500. The minimum atomic E-state index is -2.55. The monoisotopic (exact) mass is 497 g/mol. The second-order valence-corrected chi connectivity index (χ2v) is 11.2. The number of pyridine rings is 2. The lowest BCUT2D eigenvalue weighted by molar-refractivity contribution is -0.138. The molecule has 0 radical (unpaired) electrons. The number of nitrogens with one attached hydrogen (secondary N) is 1. The summed E-state index contributed by atoms with van der Waals surface area (Å²) in [4.78, 5) is 25.7. The Morgan fingerprint density at radius 2 is 1.91 bits per heavy atom. The lowest BCUT2D eigenvalue weighted by Gasteiger charge is -2.47. The zero-order chi connectivity index (χ0) is 24.3. The van der Waals surface area contributed by atoms with Crippen LogP contribution in [0.15, 0.2) is 24.3 Å². The lowest BCUT2D eigenvalue weighted by atomic mass is 9.74. The molecule has 2 bridgehead atoms. The Morgan fingerprint density at radius 3 is 2.69 bits per heavy atom. The SMILES string of the molecule is Cc1ccc2c(N)c(C(=O)N[C@H]3CCc4nc(N5C[C@H]6CCC[C@@H](C5)C6(F)F)ccc4C3)sc2n1. The molecule has 3 aromatic heterocycles. The number of aryl methyl sites for hydroxylation is 2. The zero-order valence-corrected chi connectivity index (χ0v) is 20.5. The van der Waals surface area contributed by atoms with E-state index in [1.807, 2.05) is 25.1 Å². The highest BCUT2D eigenvalue weighted by atomic mass is 32.1. The summed E-state index contributed by atoms with van der Waals surface area (Å²) >= 11 is 1.33. The normalized spacial score (nSPS) is 25.3. The van der Waals surface area contributed by atoms with Crippen LogP contribution >= 0.6 is 11.3 Å². The van der Waals surface area contributed by atoms with Crippen LogP contribution in [0.1, 0.15) is 52.3 Å². The van der Waals surface area contributed by atoms with Crippen molar-refractivity contribution >= 4 is 39.0 Å². The molecule has 9 heteroatoms. The van der Waals surface area contributed by atoms with E-state index in [-0.39, 0.29) is 11.9 Å². The van der Waals surface area contributed by atoms with Gasteiger partial charge in [-0.25, -0.2) is 18.7 Å². The van der Waals surface area contributed by atoms with Crippen LogP contribution in [0, 0.1) is 18.8 Å². The number of rotatable bonds is 3. The molecule has 4 heterocycles. The first kappa shape index (κ1) is 22.6. The molecule has 3 aromatic rings. The maximum atomic E-state index is 14.6. The first-order valence-electron chi connectivity index (χ1n) is 12.4. The van der Waals surface area contributed by atoms with Gasteiger partial charge in [-0.15, -0.1) is 11.3 Å². The minimum Gasteiger partial charge on any atom is -0.397 e. The smallest absolute Gasteiger partial charge is 0.263 e. The van der Waals surface area contributed by atoms with E-state index >= 15 is 0 Å². The van der Waals surface area contributed by atoms with E-state index in [1.165, 1.54) is 11.3 Å². The van der Waals surface area contributed by atoms with Gasteiger partial charge >= 0.3 is 0 Å². The van der Waals surface area contributed by atoms with Crippen LogP contribution in [0.3, 0.4) is 0 Å². The molecule has 1 saturated carbocycles. The average Bonchev–Trinajstić information content (AvgIpc) is 3.13. The van der Waals surface area contributed by atoms with Crippen LogP contribution in [0.2, 0.25) is 0 Å². The largest absolute Gasteiger partial charge is 0.397 e. The van der Waals surface area contributed by atoms with Gasteiger partial charge in [0.1, 0.15) is 15.5 Å². The Morgan fingerprint density at radius 1 is 1.14 bits per heavy atom. The topological polar surface area (TPSA) is 84.1 Å². The molecule has 3 N–H and O–H groups in total. The first-order chi connectivity index (χ1) is 16.8. The summed E-state index contributed by atoms with van der Waals surface area (Å²) in [6.07, 6.45) is 4.29. The summed E-state index contributed by atoms with van der Waals surface area (Å²) in [7, 11) is 0. The van der Waals surface area contributed by atoms with Crippen molar-refractivity contribution in [1.82, 2.24) is 15.3 Å². The van der Waals surface area contributed by atoms with Gasteiger partial charge < -0.3 is 16.0 Å². The maximum absolute atomic E-state index is 14.6. The number of hydrogen-bond acceptors (Lipinski definition) is 6. The highest BCUT2D eigenvalue weighted by Crippen LogP contribution is 2.47. The number of carbonyl (C=O) groups excluding carboxylic acids is 1. The molecule has 1 saturated heterocycles. The van der Waals surface area contributed by atoms with E-state index in [1.54, 1.807) is 0 Å². The molecule has 0 spiro atoms. The zero-order valence-electron chi connectivity index (χ0n) is 19.7. The molecule has 2 fully saturated rings. The number of hydrogen-bond donors (Lipinski definition) is 2. The van der Waals surface area contributed by atoms with Crippen molar-refractivity contribution < 1.29 is 13.6 Å². The number of amides is 1. The van der Waals surface area contributed by atoms with Gasteiger partial charge in [0, 0.05) is 47.7 Å². The van der Waals surface area contributed by atoms with Crippen molar-refractivity contribution in [2.75, 3.05) is 23.7 Å². The molecule has 0 unspecified atom stereocenters. The summed E-state index contributed by atoms with van der Waals surface area (Å²) in [5.74, 6) is -3.07. The van der Waals surface area contributed by atoms with Crippen molar-refractivity contribution in [3.05, 3.63) is 46.1 Å². The number of nitrogen functional groups attached to an aromatic ring is 1. The van der Waals surface area contributed by atoms with E-state index in [0.717, 1.165) is 52.2 Å². The molecule has 3 atom stereocenters. The molecule has 6 rings (SSSR count). The second-order valence-electron chi connectivity index (χ2n) is 10.2. The molecule has 6 nitrogen and oxygen atoms in total. The molecule has 184 valence electrons. The maximum Gasteiger partial charge on any atom is 0.263 e. The van der Waals surface area contributed by atoms with Crippen LogP contribution in [0.25, 0.3) is 10.2 Å². The van der Waals surface area contributed by atoms with Gasteiger partial charge in [-0.05, 0) is 62.8 Å². The molecule has 3 aliphatic rings. The van der Waals surface area contributed by atoms with Crippen molar-refractivity contribution in [2.24, 2.45) is 11.8 Å². The summed E-state index contributed by atoms with van der Waals surface area (Å²) in [6.45, 7) is 2.66. The third-order valence-electron chi connectivity index (χ3n) is 7.92. The number of fused-ring (bicyclic) bond motifs is 4. The predicted molar refractivity (Wildman–Crippen MR) is 134 cm³/mol. The van der Waals surface area contributed by atoms with Crippen LogP contribution < -0.4 is 16.0 Å². The second kappa shape index (κ2) is 8.40. The number of halogens is 2. The number of piperidine rings is 1. The van der Waals surface area contributed by atoms with Crippen molar-refractivity contribution in [1.29, 1.82) is 0 Å². The van der Waals surface area contributed by atoms with Crippen LogP contribution in [-0.2, 0) is 12.8 Å². The van der Waals surface area contributed by atoms with E-state index in [9.17, 15) is 13.6 Å². The number of aromatic nitrogens is 2. The molecular weight excluding hydrogens is 468 g/mol. The number of alkyl halides is 2. The molecule has 1 amide bonds. The minimum absolute atomic E-state index is 0.00464. The molecular formula is C26H29F2N5OS. The Labute approximate surface area is 206 Å². The summed E-state index contributed by atoms with van der Waals surface area (Å²) in [6, 6.07) is 7.82. The standard InChI is InChI=1S/C26H29F2N5OS/c1-14-5-8-19-22(29)23(35-25(19)30-14)24(34)31-18-7-9-20-15(11-18)6-10-21(32-20)33-12-16-3-2-4-17(13-33)26(16,27)28/h5-6,8,10,16-18H,2-4,7,9,11-13,29H2,1H3,(H,31,34)/t16-,17+,18-/m0/s1. The van der Waals surface area contributed by atoms with E-state index in [2.05, 4.69) is 21.3 Å². The summed E-state index contributed by atoms with van der Waals surface area (Å²) < 4.78 is 29.1. The summed E-state index contributed by atoms with van der Waals surface area (Å²) in [5, 5.41) is 3.96. The third kappa shape index (κ3) is 3.93. The van der Waals surface area contributed by atoms with Crippen LogP contribution in [0.4, 0.5) is 20.3 Å². The van der Waals surface area contributed by atoms with E-state index < -0.39 is 17.8 Å². The summed E-state index contributed by atoms with van der Waals surface area (Å²) in [5.41, 5.74) is 9.75. The Kier molecular flexibility index (Phi) is 5.43. The Hall–Kier alpha value is -2.81. The van der Waals surface area contributed by atoms with Crippen molar-refractivity contribution in [2.45, 2.75) is 57.4 Å². The number of thiophene rings is 1. The van der Waals surface area contributed by atoms with Gasteiger partial charge in [-0.2, -0.15) is 0 Å². The Bertz CT molecular complexity index is 1290. The molecule has 1 aliphatic heterocycles. The molecule has 2 aliphatic carbocycles. The fourth-order valence-electron chi connectivity index (χ4n) is 5.96.